The number of carbonyl (C=O) groups excluding carboxylic acids is 1. The van der Waals surface area contributed by atoms with Crippen molar-refractivity contribution in [3.63, 3.8) is 0 Å². The fourth-order valence-corrected chi connectivity index (χ4v) is 5.42. The summed E-state index contributed by atoms with van der Waals surface area (Å²) in [5, 5.41) is 0.760. The smallest absolute Gasteiger partial charge is 0.266 e. The quantitative estimate of drug-likeness (QED) is 0.328. The maximum Gasteiger partial charge on any atom is 0.266 e. The molecule has 0 radical (unpaired) electrons. The SMILES string of the molecule is Cc1cc(/C=C2/SC(=NC(C)C)N(C(C)C)C2=O)c(C)n1-c1ccc(OCc2ccccc2F)cc1. The minimum atomic E-state index is -0.271. The van der Waals surface area contributed by atoms with E-state index in [1.807, 2.05) is 65.0 Å². The molecule has 0 aliphatic carbocycles. The number of amides is 1. The third-order valence-electron chi connectivity index (χ3n) is 5.93. The fraction of sp³-hybridized carbons (Fsp3) is 0.310. The summed E-state index contributed by atoms with van der Waals surface area (Å²) in [5.41, 5.74) is 4.61. The maximum atomic E-state index is 13.9. The molecule has 1 aliphatic heterocycles. The Morgan fingerprint density at radius 3 is 2.39 bits per heavy atom. The Bertz CT molecular complexity index is 1320. The molecule has 36 heavy (non-hydrogen) atoms. The number of amidine groups is 1. The molecule has 3 aromatic rings. The van der Waals surface area contributed by atoms with E-state index in [1.54, 1.807) is 23.1 Å². The summed E-state index contributed by atoms with van der Waals surface area (Å²) in [6.07, 6.45) is 1.97. The van der Waals surface area contributed by atoms with Crippen LogP contribution in [-0.4, -0.2) is 32.6 Å². The van der Waals surface area contributed by atoms with Crippen LogP contribution in [0.1, 0.15) is 50.2 Å². The lowest BCUT2D eigenvalue weighted by atomic mass is 10.2. The van der Waals surface area contributed by atoms with Gasteiger partial charge in [0.05, 0.1) is 4.91 Å². The lowest BCUT2D eigenvalue weighted by Crippen LogP contribution is -2.35. The number of nitrogens with zero attached hydrogens (tertiary/aromatic N) is 3. The molecule has 0 N–H and O–H groups in total. The van der Waals surface area contributed by atoms with Crippen LogP contribution in [0.4, 0.5) is 4.39 Å². The third-order valence-corrected chi connectivity index (χ3v) is 6.92. The first-order chi connectivity index (χ1) is 17.2. The number of hydrogen-bond donors (Lipinski definition) is 0. The fourth-order valence-electron chi connectivity index (χ4n) is 4.19. The zero-order chi connectivity index (χ0) is 26.0. The summed E-state index contributed by atoms with van der Waals surface area (Å²) in [6.45, 7) is 12.3. The molecule has 0 unspecified atom stereocenters. The Hall–Kier alpha value is -3.32. The van der Waals surface area contributed by atoms with Crippen molar-refractivity contribution in [1.29, 1.82) is 0 Å². The minimum absolute atomic E-state index is 0.00411. The number of rotatable bonds is 7. The first-order valence-corrected chi connectivity index (χ1v) is 12.9. The molecular weight excluding hydrogens is 473 g/mol. The Balaban J connectivity index is 1.56. The van der Waals surface area contributed by atoms with Gasteiger partial charge in [-0.25, -0.2) is 4.39 Å². The number of hydrogen-bond acceptors (Lipinski definition) is 4. The van der Waals surface area contributed by atoms with Crippen LogP contribution in [0.3, 0.4) is 0 Å². The first-order valence-electron chi connectivity index (χ1n) is 12.1. The molecule has 0 saturated carbocycles. The Morgan fingerprint density at radius 1 is 1.06 bits per heavy atom. The topological polar surface area (TPSA) is 46.8 Å². The molecule has 7 heteroatoms. The summed E-state index contributed by atoms with van der Waals surface area (Å²) in [4.78, 5) is 20.3. The number of ether oxygens (including phenoxy) is 1. The Morgan fingerprint density at radius 2 is 1.75 bits per heavy atom. The normalized spacial score (nSPS) is 16.2. The summed E-state index contributed by atoms with van der Waals surface area (Å²) in [5.74, 6) is 0.397. The highest BCUT2D eigenvalue weighted by atomic mass is 32.2. The maximum absolute atomic E-state index is 13.9. The van der Waals surface area contributed by atoms with E-state index >= 15 is 0 Å². The van der Waals surface area contributed by atoms with E-state index in [-0.39, 0.29) is 30.4 Å². The summed E-state index contributed by atoms with van der Waals surface area (Å²) in [7, 11) is 0. The molecule has 1 saturated heterocycles. The molecule has 4 rings (SSSR count). The van der Waals surface area contributed by atoms with Gasteiger partial charge in [-0.2, -0.15) is 0 Å². The van der Waals surface area contributed by atoms with Gasteiger partial charge in [-0.05, 0) is 101 Å². The van der Waals surface area contributed by atoms with Crippen LogP contribution in [0.5, 0.6) is 5.75 Å². The molecule has 188 valence electrons. The zero-order valence-electron chi connectivity index (χ0n) is 21.6. The van der Waals surface area contributed by atoms with Crippen molar-refractivity contribution >= 4 is 28.9 Å². The molecule has 2 heterocycles. The van der Waals surface area contributed by atoms with Gasteiger partial charge in [0, 0.05) is 34.7 Å². The molecular formula is C29H32FN3O2S. The predicted molar refractivity (Wildman–Crippen MR) is 146 cm³/mol. The van der Waals surface area contributed by atoms with E-state index in [1.165, 1.54) is 17.8 Å². The second-order valence-corrected chi connectivity index (χ2v) is 10.4. The average Bonchev–Trinajstić information content (AvgIpc) is 3.27. The molecule has 1 aliphatic rings. The van der Waals surface area contributed by atoms with Crippen molar-refractivity contribution in [2.75, 3.05) is 0 Å². The first kappa shape index (κ1) is 25.8. The highest BCUT2D eigenvalue weighted by molar-refractivity contribution is 8.18. The lowest BCUT2D eigenvalue weighted by Gasteiger charge is -2.20. The molecule has 0 spiro atoms. The van der Waals surface area contributed by atoms with Crippen LogP contribution >= 0.6 is 11.8 Å². The Kier molecular flexibility index (Phi) is 7.69. The van der Waals surface area contributed by atoms with E-state index < -0.39 is 0 Å². The van der Waals surface area contributed by atoms with Gasteiger partial charge in [0.15, 0.2) is 5.17 Å². The number of benzene rings is 2. The van der Waals surface area contributed by atoms with Crippen LogP contribution in [0.15, 0.2) is 64.5 Å². The van der Waals surface area contributed by atoms with E-state index in [9.17, 15) is 9.18 Å². The number of aliphatic imine (C=N–C) groups is 1. The molecule has 1 aromatic heterocycles. The molecule has 1 amide bonds. The van der Waals surface area contributed by atoms with Gasteiger partial charge in [-0.15, -0.1) is 0 Å². The van der Waals surface area contributed by atoms with Crippen LogP contribution in [0, 0.1) is 19.7 Å². The lowest BCUT2D eigenvalue weighted by molar-refractivity contribution is -0.123. The van der Waals surface area contributed by atoms with Crippen molar-refractivity contribution in [3.05, 3.63) is 87.8 Å². The van der Waals surface area contributed by atoms with E-state index in [4.69, 9.17) is 4.74 Å². The van der Waals surface area contributed by atoms with Crippen molar-refractivity contribution in [1.82, 2.24) is 9.47 Å². The van der Waals surface area contributed by atoms with Crippen LogP contribution in [0.25, 0.3) is 11.8 Å². The van der Waals surface area contributed by atoms with E-state index in [0.717, 1.165) is 27.8 Å². The van der Waals surface area contributed by atoms with Gasteiger partial charge in [0.25, 0.3) is 5.91 Å². The second-order valence-electron chi connectivity index (χ2n) is 9.42. The van der Waals surface area contributed by atoms with Gasteiger partial charge in [-0.1, -0.05) is 18.2 Å². The van der Waals surface area contributed by atoms with Gasteiger partial charge in [-0.3, -0.25) is 14.7 Å². The van der Waals surface area contributed by atoms with Crippen molar-refractivity contribution in [3.8, 4) is 11.4 Å². The molecule has 2 aromatic carbocycles. The number of thioether (sulfide) groups is 1. The average molecular weight is 506 g/mol. The third kappa shape index (κ3) is 5.41. The van der Waals surface area contributed by atoms with Gasteiger partial charge in [0.1, 0.15) is 18.2 Å². The second kappa shape index (κ2) is 10.7. The number of aryl methyl sites for hydroxylation is 1. The van der Waals surface area contributed by atoms with Gasteiger partial charge >= 0.3 is 0 Å². The monoisotopic (exact) mass is 505 g/mol. The molecule has 0 bridgehead atoms. The predicted octanol–water partition coefficient (Wildman–Crippen LogP) is 6.90. The van der Waals surface area contributed by atoms with Crippen molar-refractivity contribution in [2.24, 2.45) is 4.99 Å². The Labute approximate surface area is 216 Å². The molecule has 5 nitrogen and oxygen atoms in total. The minimum Gasteiger partial charge on any atom is -0.489 e. The highest BCUT2D eigenvalue weighted by Crippen LogP contribution is 2.35. The summed E-state index contributed by atoms with van der Waals surface area (Å²) in [6, 6.07) is 16.6. The summed E-state index contributed by atoms with van der Waals surface area (Å²) < 4.78 is 21.8. The van der Waals surface area contributed by atoms with Crippen molar-refractivity contribution < 1.29 is 13.9 Å². The number of carbonyl (C=O) groups is 1. The highest BCUT2D eigenvalue weighted by Gasteiger charge is 2.35. The number of halogens is 1. The standard InChI is InChI=1S/C29H32FN3O2S/c1-18(2)31-29-32(19(3)4)28(34)27(36-29)16-23-15-20(5)33(21(23)6)24-11-13-25(14-12-24)35-17-22-9-7-8-10-26(22)30/h7-16,18-19H,17H2,1-6H3/b27-16+,31-29?. The van der Waals surface area contributed by atoms with Gasteiger partial charge < -0.3 is 9.30 Å². The molecule has 1 fully saturated rings. The van der Waals surface area contributed by atoms with Crippen LogP contribution in [0.2, 0.25) is 0 Å². The van der Waals surface area contributed by atoms with Crippen LogP contribution in [-0.2, 0) is 11.4 Å². The zero-order valence-corrected chi connectivity index (χ0v) is 22.4. The van der Waals surface area contributed by atoms with E-state index in [2.05, 4.69) is 22.5 Å². The largest absolute Gasteiger partial charge is 0.489 e. The number of aromatic nitrogens is 1. The summed E-state index contributed by atoms with van der Waals surface area (Å²) >= 11 is 1.44. The van der Waals surface area contributed by atoms with E-state index in [0.29, 0.717) is 16.2 Å². The van der Waals surface area contributed by atoms with Gasteiger partial charge in [0.2, 0.25) is 0 Å². The van der Waals surface area contributed by atoms with Crippen LogP contribution < -0.4 is 4.74 Å². The van der Waals surface area contributed by atoms with Crippen molar-refractivity contribution in [2.45, 2.75) is 60.2 Å². The molecule has 0 atom stereocenters.